The highest BCUT2D eigenvalue weighted by molar-refractivity contribution is 7.86. The van der Waals surface area contributed by atoms with E-state index in [1.165, 1.54) is 19.2 Å². The van der Waals surface area contributed by atoms with Crippen molar-refractivity contribution in [3.05, 3.63) is 88.4 Å². The summed E-state index contributed by atoms with van der Waals surface area (Å²) in [5.74, 6) is -0.362. The van der Waals surface area contributed by atoms with Crippen molar-refractivity contribution in [1.82, 2.24) is 10.4 Å². The zero-order chi connectivity index (χ0) is 22.4. The van der Waals surface area contributed by atoms with Crippen molar-refractivity contribution in [2.45, 2.75) is 0 Å². The highest BCUT2D eigenvalue weighted by Gasteiger charge is 2.15. The van der Waals surface area contributed by atoms with Gasteiger partial charge in [0.1, 0.15) is 0 Å². The van der Waals surface area contributed by atoms with E-state index in [0.29, 0.717) is 28.4 Å². The van der Waals surface area contributed by atoms with Crippen LogP contribution in [0, 0.1) is 5.82 Å². The first-order valence-corrected chi connectivity index (χ1v) is 11.5. The highest BCUT2D eigenvalue weighted by atomic mass is 35.5. The second-order valence-corrected chi connectivity index (χ2v) is 8.88. The Kier molecular flexibility index (Phi) is 7.37. The number of nitrogens with one attached hydrogen (secondary N) is 1. The molecule has 0 aromatic heterocycles. The van der Waals surface area contributed by atoms with Gasteiger partial charge in [-0.05, 0) is 47.5 Å². The molecule has 31 heavy (non-hydrogen) atoms. The Labute approximate surface area is 186 Å². The lowest BCUT2D eigenvalue weighted by molar-refractivity contribution is 0.327. The van der Waals surface area contributed by atoms with E-state index in [0.717, 1.165) is 11.8 Å². The molecule has 0 unspecified atom stereocenters. The Morgan fingerprint density at radius 3 is 2.58 bits per heavy atom. The van der Waals surface area contributed by atoms with Crippen LogP contribution in [0.5, 0.6) is 5.75 Å². The third-order valence-electron chi connectivity index (χ3n) is 4.30. The molecular formula is C22H22ClFN2O4S. The Morgan fingerprint density at radius 1 is 1.19 bits per heavy atom. The summed E-state index contributed by atoms with van der Waals surface area (Å²) in [6, 6.07) is 12.0. The van der Waals surface area contributed by atoms with Crippen LogP contribution in [0.2, 0.25) is 5.02 Å². The second kappa shape index (κ2) is 10.00. The number of halogens is 2. The van der Waals surface area contributed by atoms with Gasteiger partial charge < -0.3 is 4.74 Å². The first-order valence-electron chi connectivity index (χ1n) is 9.29. The van der Waals surface area contributed by atoms with Gasteiger partial charge in [-0.1, -0.05) is 35.9 Å². The largest absolute Gasteiger partial charge is 0.494 e. The molecule has 0 radical (unpaired) electrons. The fourth-order valence-electron chi connectivity index (χ4n) is 2.85. The molecule has 1 aliphatic rings. The average Bonchev–Trinajstić information content (AvgIpc) is 2.73. The second-order valence-electron chi connectivity index (χ2n) is 6.80. The summed E-state index contributed by atoms with van der Waals surface area (Å²) in [6.07, 6.45) is 8.31. The molecule has 0 saturated heterocycles. The molecule has 6 nitrogen and oxygen atoms in total. The Bertz CT molecular complexity index is 1130. The molecule has 3 rings (SSSR count). The third-order valence-corrected chi connectivity index (χ3v) is 5.10. The van der Waals surface area contributed by atoms with Crippen LogP contribution < -0.4 is 10.2 Å². The number of ether oxygens (including phenoxy) is 1. The molecule has 0 atom stereocenters. The topological polar surface area (TPSA) is 67.9 Å². The van der Waals surface area contributed by atoms with Gasteiger partial charge in [0.15, 0.2) is 11.6 Å². The summed E-state index contributed by atoms with van der Waals surface area (Å²) in [5, 5.41) is 2.42. The molecule has 0 spiro atoms. The van der Waals surface area contributed by atoms with Gasteiger partial charge in [0.25, 0.3) is 10.1 Å². The van der Waals surface area contributed by atoms with Crippen LogP contribution in [0.4, 0.5) is 4.39 Å². The summed E-state index contributed by atoms with van der Waals surface area (Å²) < 4.78 is 46.9. The Hall–Kier alpha value is -2.81. The smallest absolute Gasteiger partial charge is 0.264 e. The lowest BCUT2D eigenvalue weighted by Gasteiger charge is -2.28. The average molecular weight is 465 g/mol. The number of hydrogen-bond donors (Lipinski definition) is 1. The van der Waals surface area contributed by atoms with E-state index in [9.17, 15) is 12.8 Å². The Morgan fingerprint density at radius 2 is 1.94 bits per heavy atom. The zero-order valence-electron chi connectivity index (χ0n) is 17.0. The van der Waals surface area contributed by atoms with E-state index >= 15 is 0 Å². The van der Waals surface area contributed by atoms with Crippen molar-refractivity contribution < 1.29 is 21.7 Å². The first-order chi connectivity index (χ1) is 14.7. The van der Waals surface area contributed by atoms with Gasteiger partial charge >= 0.3 is 0 Å². The molecule has 1 aliphatic heterocycles. The predicted molar refractivity (Wildman–Crippen MR) is 120 cm³/mol. The van der Waals surface area contributed by atoms with E-state index in [1.807, 2.05) is 24.3 Å². The van der Waals surface area contributed by atoms with Gasteiger partial charge in [0.2, 0.25) is 0 Å². The minimum Gasteiger partial charge on any atom is -0.494 e. The van der Waals surface area contributed by atoms with Gasteiger partial charge in [-0.2, -0.15) is 8.42 Å². The van der Waals surface area contributed by atoms with Crippen molar-refractivity contribution in [2.75, 3.05) is 26.5 Å². The summed E-state index contributed by atoms with van der Waals surface area (Å²) in [7, 11) is -2.21. The molecule has 0 bridgehead atoms. The van der Waals surface area contributed by atoms with Crippen molar-refractivity contribution in [1.29, 1.82) is 0 Å². The van der Waals surface area contributed by atoms with Crippen molar-refractivity contribution in [3.63, 3.8) is 0 Å². The fourth-order valence-corrected chi connectivity index (χ4v) is 3.33. The molecule has 164 valence electrons. The van der Waals surface area contributed by atoms with Crippen molar-refractivity contribution >= 4 is 33.5 Å². The lowest BCUT2D eigenvalue weighted by Crippen LogP contribution is -2.35. The molecule has 2 aromatic carbocycles. The number of rotatable bonds is 8. The molecule has 9 heteroatoms. The van der Waals surface area contributed by atoms with Crippen molar-refractivity contribution in [3.8, 4) is 5.75 Å². The summed E-state index contributed by atoms with van der Waals surface area (Å²) in [4.78, 5) is 0. The SMILES string of the molecule is COc1ccc(C2=CC(COS(C)(=O)=O)=CN(CC=Cc3ccc(Cl)cc3)N2)cc1F. The number of nitrogens with zero attached hydrogens (tertiary/aromatic N) is 1. The summed E-state index contributed by atoms with van der Waals surface area (Å²) in [5.41, 5.74) is 5.95. The van der Waals surface area contributed by atoms with Crippen LogP contribution in [0.15, 0.2) is 66.4 Å². The normalized spacial score (nSPS) is 14.3. The minimum absolute atomic E-state index is 0.138. The fraction of sp³-hybridized carbons (Fsp3) is 0.182. The number of hydrogen-bond acceptors (Lipinski definition) is 6. The number of hydrazine groups is 1. The van der Waals surface area contributed by atoms with E-state index in [1.54, 1.807) is 35.5 Å². The van der Waals surface area contributed by atoms with E-state index < -0.39 is 15.9 Å². The maximum atomic E-state index is 14.2. The summed E-state index contributed by atoms with van der Waals surface area (Å²) >= 11 is 5.90. The summed E-state index contributed by atoms with van der Waals surface area (Å²) in [6.45, 7) is 0.320. The van der Waals surface area contributed by atoms with Gasteiger partial charge in [-0.25, -0.2) is 4.39 Å². The van der Waals surface area contributed by atoms with E-state index in [-0.39, 0.29) is 12.4 Å². The van der Waals surface area contributed by atoms with Crippen LogP contribution in [-0.4, -0.2) is 39.9 Å². The quantitative estimate of drug-likeness (QED) is 0.590. The minimum atomic E-state index is -3.61. The first kappa shape index (κ1) is 22.9. The van der Waals surface area contributed by atoms with Gasteiger partial charge in [-0.15, -0.1) is 0 Å². The Balaban J connectivity index is 1.80. The monoisotopic (exact) mass is 464 g/mol. The molecule has 0 amide bonds. The van der Waals surface area contributed by atoms with Gasteiger partial charge in [0, 0.05) is 16.8 Å². The molecule has 0 saturated carbocycles. The molecular weight excluding hydrogens is 443 g/mol. The highest BCUT2D eigenvalue weighted by Crippen LogP contribution is 2.24. The molecule has 1 heterocycles. The third kappa shape index (κ3) is 6.85. The van der Waals surface area contributed by atoms with Crippen LogP contribution >= 0.6 is 11.6 Å². The lowest BCUT2D eigenvalue weighted by atomic mass is 10.1. The van der Waals surface area contributed by atoms with E-state index in [2.05, 4.69) is 5.43 Å². The predicted octanol–water partition coefficient (Wildman–Crippen LogP) is 4.22. The zero-order valence-corrected chi connectivity index (χ0v) is 18.6. The maximum absolute atomic E-state index is 14.2. The van der Waals surface area contributed by atoms with Gasteiger partial charge in [-0.3, -0.25) is 14.6 Å². The number of methoxy groups -OCH3 is 1. The van der Waals surface area contributed by atoms with Crippen LogP contribution in [0.1, 0.15) is 11.1 Å². The van der Waals surface area contributed by atoms with E-state index in [4.69, 9.17) is 20.5 Å². The van der Waals surface area contributed by atoms with Crippen LogP contribution in [-0.2, 0) is 14.3 Å². The van der Waals surface area contributed by atoms with Crippen LogP contribution in [0.3, 0.4) is 0 Å². The molecule has 0 aliphatic carbocycles. The van der Waals surface area contributed by atoms with Gasteiger partial charge in [0.05, 0.1) is 32.2 Å². The maximum Gasteiger partial charge on any atom is 0.264 e. The molecule has 1 N–H and O–H groups in total. The molecule has 0 fully saturated rings. The van der Waals surface area contributed by atoms with Crippen molar-refractivity contribution in [2.24, 2.45) is 0 Å². The van der Waals surface area contributed by atoms with Crippen LogP contribution in [0.25, 0.3) is 11.8 Å². The molecule has 2 aromatic rings. The standard InChI is InChI=1S/C22H22ClFN2O4S/c1-29-22-10-7-18(13-20(22)24)21-12-17(15-30-31(2,27)28)14-26(25-21)11-3-4-16-5-8-19(23)9-6-16/h3-10,12-14,25H,11,15H2,1-2H3. The number of benzene rings is 2.